The van der Waals surface area contributed by atoms with Crippen molar-refractivity contribution in [1.82, 2.24) is 5.32 Å². The Kier molecular flexibility index (Phi) is 6.56. The molecule has 22 heavy (non-hydrogen) atoms. The molecular weight excluding hydrogens is 282 g/mol. The topological polar surface area (TPSA) is 64.6 Å². The Balaban J connectivity index is 2.47. The number of amides is 1. The summed E-state index contributed by atoms with van der Waals surface area (Å²) in [7, 11) is 0. The number of benzene rings is 1. The Hall–Kier alpha value is -1.88. The molecule has 0 bridgehead atoms. The Labute approximate surface area is 132 Å². The maximum absolute atomic E-state index is 11.9. The molecule has 5 heteroatoms. The maximum Gasteiger partial charge on any atom is 0.338 e. The lowest BCUT2D eigenvalue weighted by Crippen LogP contribution is -2.42. The highest BCUT2D eigenvalue weighted by molar-refractivity contribution is 5.91. The highest BCUT2D eigenvalue weighted by atomic mass is 16.5. The lowest BCUT2D eigenvalue weighted by molar-refractivity contribution is -0.125. The van der Waals surface area contributed by atoms with Gasteiger partial charge in [0.1, 0.15) is 0 Å². The first-order chi connectivity index (χ1) is 10.2. The standard InChI is InChI=1S/C17H25NO4/c1-12(2)21-10-13-6-8-14(9-7-13)16(20)22-11-15(19)18-17(3,4)5/h6-9,12H,10-11H2,1-5H3,(H,18,19). The molecule has 5 nitrogen and oxygen atoms in total. The van der Waals surface area contributed by atoms with Crippen LogP contribution in [0.5, 0.6) is 0 Å². The number of hydrogen-bond donors (Lipinski definition) is 1. The van der Waals surface area contributed by atoms with E-state index in [1.807, 2.05) is 46.8 Å². The number of nitrogens with one attached hydrogen (secondary N) is 1. The molecule has 0 aromatic heterocycles. The predicted octanol–water partition coefficient (Wildman–Crippen LogP) is 2.68. The summed E-state index contributed by atoms with van der Waals surface area (Å²) >= 11 is 0. The Bertz CT molecular complexity index is 500. The molecule has 0 spiro atoms. The van der Waals surface area contributed by atoms with Gasteiger partial charge in [0.2, 0.25) is 0 Å². The average Bonchev–Trinajstić information content (AvgIpc) is 2.41. The molecule has 1 N–H and O–H groups in total. The van der Waals surface area contributed by atoms with Crippen LogP contribution in [0.2, 0.25) is 0 Å². The second-order valence-corrected chi connectivity index (χ2v) is 6.43. The van der Waals surface area contributed by atoms with E-state index in [-0.39, 0.29) is 24.2 Å². The minimum absolute atomic E-state index is 0.158. The normalized spacial score (nSPS) is 11.4. The van der Waals surface area contributed by atoms with Gasteiger partial charge in [-0.15, -0.1) is 0 Å². The Morgan fingerprint density at radius 3 is 2.23 bits per heavy atom. The first kappa shape index (κ1) is 18.2. The Morgan fingerprint density at radius 1 is 1.14 bits per heavy atom. The van der Waals surface area contributed by atoms with Crippen LogP contribution in [0.4, 0.5) is 0 Å². The molecule has 0 aliphatic heterocycles. The van der Waals surface area contributed by atoms with Crippen molar-refractivity contribution >= 4 is 11.9 Å². The van der Waals surface area contributed by atoms with Crippen molar-refractivity contribution in [1.29, 1.82) is 0 Å². The van der Waals surface area contributed by atoms with Crippen molar-refractivity contribution in [2.24, 2.45) is 0 Å². The minimum atomic E-state index is -0.514. The smallest absolute Gasteiger partial charge is 0.338 e. The molecule has 0 aliphatic rings. The molecule has 0 radical (unpaired) electrons. The molecule has 0 saturated carbocycles. The van der Waals surface area contributed by atoms with E-state index in [4.69, 9.17) is 9.47 Å². The molecule has 1 rings (SSSR count). The summed E-state index contributed by atoms with van der Waals surface area (Å²) in [5.74, 6) is -0.830. The van der Waals surface area contributed by atoms with Crippen molar-refractivity contribution in [3.8, 4) is 0 Å². The van der Waals surface area contributed by atoms with Gasteiger partial charge in [-0.05, 0) is 52.3 Å². The zero-order valence-corrected chi connectivity index (χ0v) is 13.9. The van der Waals surface area contributed by atoms with Crippen LogP contribution in [0.3, 0.4) is 0 Å². The fraction of sp³-hybridized carbons (Fsp3) is 0.529. The van der Waals surface area contributed by atoms with Gasteiger partial charge in [0, 0.05) is 5.54 Å². The van der Waals surface area contributed by atoms with E-state index in [0.29, 0.717) is 12.2 Å². The van der Waals surface area contributed by atoms with Crippen molar-refractivity contribution in [3.63, 3.8) is 0 Å². The minimum Gasteiger partial charge on any atom is -0.452 e. The molecule has 0 unspecified atom stereocenters. The largest absolute Gasteiger partial charge is 0.452 e. The molecule has 1 amide bonds. The molecule has 1 aromatic rings. The van der Waals surface area contributed by atoms with Crippen LogP contribution in [-0.4, -0.2) is 30.1 Å². The van der Waals surface area contributed by atoms with Crippen LogP contribution in [0.15, 0.2) is 24.3 Å². The zero-order valence-electron chi connectivity index (χ0n) is 13.9. The predicted molar refractivity (Wildman–Crippen MR) is 84.5 cm³/mol. The van der Waals surface area contributed by atoms with Crippen LogP contribution in [0, 0.1) is 0 Å². The fourth-order valence-electron chi connectivity index (χ4n) is 1.67. The summed E-state index contributed by atoms with van der Waals surface area (Å²) < 4.78 is 10.5. The highest BCUT2D eigenvalue weighted by Crippen LogP contribution is 2.08. The lowest BCUT2D eigenvalue weighted by Gasteiger charge is -2.20. The van der Waals surface area contributed by atoms with Crippen LogP contribution in [0.25, 0.3) is 0 Å². The zero-order chi connectivity index (χ0) is 16.8. The first-order valence-electron chi connectivity index (χ1n) is 7.36. The third-order valence-corrected chi connectivity index (χ3v) is 2.62. The van der Waals surface area contributed by atoms with Crippen molar-refractivity contribution in [2.45, 2.75) is 52.9 Å². The summed E-state index contributed by atoms with van der Waals surface area (Å²) in [6.07, 6.45) is 0.158. The van der Waals surface area contributed by atoms with Crippen LogP contribution in [-0.2, 0) is 20.9 Å². The molecular formula is C17H25NO4. The van der Waals surface area contributed by atoms with Gasteiger partial charge < -0.3 is 14.8 Å². The molecule has 122 valence electrons. The summed E-state index contributed by atoms with van der Waals surface area (Å²) in [4.78, 5) is 23.5. The van der Waals surface area contributed by atoms with Gasteiger partial charge in [-0.1, -0.05) is 12.1 Å². The molecule has 0 aliphatic carbocycles. The third kappa shape index (κ3) is 7.22. The fourth-order valence-corrected chi connectivity index (χ4v) is 1.67. The third-order valence-electron chi connectivity index (χ3n) is 2.62. The Morgan fingerprint density at radius 2 is 1.73 bits per heavy atom. The number of esters is 1. The van der Waals surface area contributed by atoms with Gasteiger partial charge in [0.15, 0.2) is 6.61 Å². The van der Waals surface area contributed by atoms with E-state index in [9.17, 15) is 9.59 Å². The van der Waals surface area contributed by atoms with E-state index in [0.717, 1.165) is 5.56 Å². The van der Waals surface area contributed by atoms with Gasteiger partial charge >= 0.3 is 5.97 Å². The van der Waals surface area contributed by atoms with Gasteiger partial charge in [0.05, 0.1) is 18.3 Å². The lowest BCUT2D eigenvalue weighted by atomic mass is 10.1. The quantitative estimate of drug-likeness (QED) is 0.821. The number of hydrogen-bond acceptors (Lipinski definition) is 4. The average molecular weight is 307 g/mol. The van der Waals surface area contributed by atoms with E-state index in [1.165, 1.54) is 0 Å². The summed E-state index contributed by atoms with van der Waals surface area (Å²) in [6.45, 7) is 9.75. The van der Waals surface area contributed by atoms with E-state index >= 15 is 0 Å². The van der Waals surface area contributed by atoms with Crippen LogP contribution in [0.1, 0.15) is 50.5 Å². The second-order valence-electron chi connectivity index (χ2n) is 6.43. The van der Waals surface area contributed by atoms with Gasteiger partial charge in [-0.25, -0.2) is 4.79 Å². The molecule has 0 fully saturated rings. The number of carbonyl (C=O) groups is 2. The molecule has 0 saturated heterocycles. The van der Waals surface area contributed by atoms with Crippen molar-refractivity contribution < 1.29 is 19.1 Å². The summed E-state index contributed by atoms with van der Waals surface area (Å²) in [6, 6.07) is 6.97. The molecule has 1 aromatic carbocycles. The highest BCUT2D eigenvalue weighted by Gasteiger charge is 2.15. The van der Waals surface area contributed by atoms with Gasteiger partial charge in [-0.2, -0.15) is 0 Å². The molecule has 0 atom stereocenters. The summed E-state index contributed by atoms with van der Waals surface area (Å²) in [5.41, 5.74) is 1.05. The van der Waals surface area contributed by atoms with E-state index in [2.05, 4.69) is 5.32 Å². The number of carbonyl (C=O) groups excluding carboxylic acids is 2. The van der Waals surface area contributed by atoms with Crippen molar-refractivity contribution in [2.75, 3.05) is 6.61 Å². The maximum atomic E-state index is 11.9. The van der Waals surface area contributed by atoms with Gasteiger partial charge in [0.25, 0.3) is 5.91 Å². The van der Waals surface area contributed by atoms with E-state index < -0.39 is 5.97 Å². The SMILES string of the molecule is CC(C)OCc1ccc(C(=O)OCC(=O)NC(C)(C)C)cc1. The molecule has 0 heterocycles. The number of ether oxygens (including phenoxy) is 2. The van der Waals surface area contributed by atoms with Crippen LogP contribution >= 0.6 is 0 Å². The van der Waals surface area contributed by atoms with Crippen molar-refractivity contribution in [3.05, 3.63) is 35.4 Å². The number of rotatable bonds is 6. The van der Waals surface area contributed by atoms with E-state index in [1.54, 1.807) is 12.1 Å². The summed E-state index contributed by atoms with van der Waals surface area (Å²) in [5, 5.41) is 2.73. The van der Waals surface area contributed by atoms with Crippen LogP contribution < -0.4 is 5.32 Å². The van der Waals surface area contributed by atoms with Gasteiger partial charge in [-0.3, -0.25) is 4.79 Å². The monoisotopic (exact) mass is 307 g/mol. The second kappa shape index (κ2) is 7.94. The first-order valence-corrected chi connectivity index (χ1v) is 7.36.